The summed E-state index contributed by atoms with van der Waals surface area (Å²) in [6, 6.07) is -0.855. The van der Waals surface area contributed by atoms with Crippen molar-refractivity contribution in [2.24, 2.45) is 0 Å². The molecular weight excluding hydrogens is 390 g/mol. The van der Waals surface area contributed by atoms with E-state index in [0.29, 0.717) is 18.7 Å². The van der Waals surface area contributed by atoms with Crippen LogP contribution in [0.1, 0.15) is 58.0 Å². The van der Waals surface area contributed by atoms with Gasteiger partial charge in [0, 0.05) is 6.54 Å². The number of hydrogen-bond donors (Lipinski definition) is 1. The Morgan fingerprint density at radius 1 is 1.28 bits per heavy atom. The second-order valence-corrected chi connectivity index (χ2v) is 9.01. The Kier molecular flexibility index (Phi) is 6.16. The van der Waals surface area contributed by atoms with E-state index >= 15 is 0 Å². The lowest BCUT2D eigenvalue weighted by Crippen LogP contribution is -2.48. The first-order valence-electron chi connectivity index (χ1n) is 9.68. The highest BCUT2D eigenvalue weighted by Gasteiger charge is 2.37. The Labute approximate surface area is 174 Å². The molecule has 1 aliphatic heterocycles. The Morgan fingerprint density at radius 2 is 2.03 bits per heavy atom. The van der Waals surface area contributed by atoms with Gasteiger partial charge in [0.1, 0.15) is 17.3 Å². The SMILES string of the molecule is Cc1ncsc1-c1cnc([C@@H](C)NC(=O)[C@@H]2CCCN2C(=O)OC(C)(C)C)cn1. The third kappa shape index (κ3) is 5.09. The number of carbonyl (C=O) groups excluding carboxylic acids is 2. The monoisotopic (exact) mass is 417 g/mol. The van der Waals surface area contributed by atoms with E-state index in [-0.39, 0.29) is 11.9 Å². The van der Waals surface area contributed by atoms with Crippen LogP contribution in [0.3, 0.4) is 0 Å². The maximum Gasteiger partial charge on any atom is 0.410 e. The molecule has 0 saturated carbocycles. The van der Waals surface area contributed by atoms with Crippen LogP contribution in [-0.2, 0) is 9.53 Å². The van der Waals surface area contributed by atoms with Crippen molar-refractivity contribution in [2.75, 3.05) is 6.54 Å². The molecule has 0 unspecified atom stereocenters. The van der Waals surface area contributed by atoms with Gasteiger partial charge in [-0.2, -0.15) is 0 Å². The molecule has 3 heterocycles. The van der Waals surface area contributed by atoms with Crippen molar-refractivity contribution in [3.8, 4) is 10.6 Å². The number of carbonyl (C=O) groups is 2. The Morgan fingerprint density at radius 3 is 2.62 bits per heavy atom. The van der Waals surface area contributed by atoms with Gasteiger partial charge >= 0.3 is 6.09 Å². The van der Waals surface area contributed by atoms with Crippen molar-refractivity contribution in [3.05, 3.63) is 29.3 Å². The van der Waals surface area contributed by atoms with Crippen LogP contribution < -0.4 is 5.32 Å². The van der Waals surface area contributed by atoms with Gasteiger partial charge in [-0.1, -0.05) is 0 Å². The molecule has 0 radical (unpaired) electrons. The van der Waals surface area contributed by atoms with Crippen LogP contribution in [0.25, 0.3) is 10.6 Å². The Balaban J connectivity index is 1.64. The van der Waals surface area contributed by atoms with E-state index in [0.717, 1.165) is 22.7 Å². The summed E-state index contributed by atoms with van der Waals surface area (Å²) in [7, 11) is 0. The van der Waals surface area contributed by atoms with Crippen LogP contribution in [0.5, 0.6) is 0 Å². The molecule has 1 N–H and O–H groups in total. The minimum Gasteiger partial charge on any atom is -0.444 e. The molecule has 0 bridgehead atoms. The van der Waals surface area contributed by atoms with E-state index in [1.54, 1.807) is 17.9 Å². The average molecular weight is 418 g/mol. The summed E-state index contributed by atoms with van der Waals surface area (Å²) < 4.78 is 5.43. The fourth-order valence-corrected chi connectivity index (χ4v) is 3.95. The molecule has 0 aliphatic carbocycles. The fourth-order valence-electron chi connectivity index (χ4n) is 3.19. The molecule has 1 saturated heterocycles. The second-order valence-electron chi connectivity index (χ2n) is 8.16. The highest BCUT2D eigenvalue weighted by molar-refractivity contribution is 7.13. The van der Waals surface area contributed by atoms with E-state index in [2.05, 4.69) is 20.3 Å². The number of amides is 2. The molecule has 8 nitrogen and oxygen atoms in total. The largest absolute Gasteiger partial charge is 0.444 e. The lowest BCUT2D eigenvalue weighted by atomic mass is 10.1. The van der Waals surface area contributed by atoms with E-state index < -0.39 is 17.7 Å². The number of hydrogen-bond acceptors (Lipinski definition) is 7. The van der Waals surface area contributed by atoms with Gasteiger partial charge in [0.2, 0.25) is 5.91 Å². The zero-order valence-electron chi connectivity index (χ0n) is 17.4. The molecule has 2 amide bonds. The van der Waals surface area contributed by atoms with Crippen LogP contribution >= 0.6 is 11.3 Å². The first-order chi connectivity index (χ1) is 13.7. The molecule has 29 heavy (non-hydrogen) atoms. The van der Waals surface area contributed by atoms with Crippen LogP contribution in [0.15, 0.2) is 17.9 Å². The predicted molar refractivity (Wildman–Crippen MR) is 110 cm³/mol. The number of aromatic nitrogens is 3. The molecule has 2 atom stereocenters. The summed E-state index contributed by atoms with van der Waals surface area (Å²) in [6.07, 6.45) is 4.30. The molecule has 0 spiro atoms. The highest BCUT2D eigenvalue weighted by atomic mass is 32.1. The molecule has 3 rings (SSSR count). The standard InChI is InChI=1S/C20H27N5O3S/c1-12(14-9-22-15(10-21-14)17-13(2)23-11-29-17)24-18(26)16-7-6-8-25(16)19(27)28-20(3,4)5/h9-12,16H,6-8H2,1-5H3,(H,24,26)/t12-,16+/m1/s1. The van der Waals surface area contributed by atoms with Crippen molar-refractivity contribution >= 4 is 23.3 Å². The summed E-state index contributed by atoms with van der Waals surface area (Å²) in [5.41, 5.74) is 3.52. The van der Waals surface area contributed by atoms with Crippen molar-refractivity contribution in [1.82, 2.24) is 25.2 Å². The molecular formula is C20H27N5O3S. The van der Waals surface area contributed by atoms with Gasteiger partial charge in [0.15, 0.2) is 0 Å². The summed E-state index contributed by atoms with van der Waals surface area (Å²) in [4.78, 5) is 40.8. The minimum atomic E-state index is -0.595. The summed E-state index contributed by atoms with van der Waals surface area (Å²) >= 11 is 1.52. The zero-order valence-corrected chi connectivity index (χ0v) is 18.2. The predicted octanol–water partition coefficient (Wildman–Crippen LogP) is 3.49. The number of thiazole rings is 1. The lowest BCUT2D eigenvalue weighted by molar-refractivity contribution is -0.126. The van der Waals surface area contributed by atoms with Crippen LogP contribution in [0, 0.1) is 6.92 Å². The first kappa shape index (κ1) is 21.2. The van der Waals surface area contributed by atoms with E-state index in [9.17, 15) is 9.59 Å². The summed E-state index contributed by atoms with van der Waals surface area (Å²) in [6.45, 7) is 9.75. The average Bonchev–Trinajstić information content (AvgIpc) is 3.29. The normalized spacial score (nSPS) is 17.8. The smallest absolute Gasteiger partial charge is 0.410 e. The summed E-state index contributed by atoms with van der Waals surface area (Å²) in [5, 5.41) is 2.95. The number of nitrogens with one attached hydrogen (secondary N) is 1. The van der Waals surface area contributed by atoms with Gasteiger partial charge in [-0.25, -0.2) is 9.78 Å². The second kappa shape index (κ2) is 8.44. The van der Waals surface area contributed by atoms with Crippen molar-refractivity contribution in [1.29, 1.82) is 0 Å². The van der Waals surface area contributed by atoms with Crippen LogP contribution in [0.4, 0.5) is 4.79 Å². The number of rotatable bonds is 4. The van der Waals surface area contributed by atoms with Crippen molar-refractivity contribution in [2.45, 2.75) is 65.1 Å². The third-order valence-electron chi connectivity index (χ3n) is 4.64. The number of aryl methyl sites for hydroxylation is 1. The van der Waals surface area contributed by atoms with E-state index in [1.165, 1.54) is 16.2 Å². The Hall–Kier alpha value is -2.55. The molecule has 2 aromatic heterocycles. The van der Waals surface area contributed by atoms with Gasteiger partial charge in [0.05, 0.1) is 40.2 Å². The van der Waals surface area contributed by atoms with E-state index in [1.807, 2.05) is 34.6 Å². The van der Waals surface area contributed by atoms with Gasteiger partial charge in [-0.3, -0.25) is 19.7 Å². The third-order valence-corrected chi connectivity index (χ3v) is 5.59. The first-order valence-corrected chi connectivity index (χ1v) is 10.6. The fraction of sp³-hybridized carbons (Fsp3) is 0.550. The maximum absolute atomic E-state index is 12.8. The Bertz CT molecular complexity index is 875. The van der Waals surface area contributed by atoms with Crippen LogP contribution in [0.2, 0.25) is 0 Å². The molecule has 1 fully saturated rings. The van der Waals surface area contributed by atoms with Crippen molar-refractivity contribution < 1.29 is 14.3 Å². The van der Waals surface area contributed by atoms with Gasteiger partial charge < -0.3 is 10.1 Å². The van der Waals surface area contributed by atoms with Gasteiger partial charge in [0.25, 0.3) is 0 Å². The molecule has 0 aromatic carbocycles. The van der Waals surface area contributed by atoms with Crippen LogP contribution in [-0.4, -0.2) is 50.0 Å². The van der Waals surface area contributed by atoms with Crippen molar-refractivity contribution in [3.63, 3.8) is 0 Å². The maximum atomic E-state index is 12.8. The molecule has 1 aliphatic rings. The number of nitrogens with zero attached hydrogens (tertiary/aromatic N) is 4. The highest BCUT2D eigenvalue weighted by Crippen LogP contribution is 2.25. The van der Waals surface area contributed by atoms with E-state index in [4.69, 9.17) is 4.74 Å². The minimum absolute atomic E-state index is 0.204. The quantitative estimate of drug-likeness (QED) is 0.818. The lowest BCUT2D eigenvalue weighted by Gasteiger charge is -2.28. The summed E-state index contributed by atoms with van der Waals surface area (Å²) in [5.74, 6) is -0.204. The molecule has 156 valence electrons. The number of ether oxygens (including phenoxy) is 1. The molecule has 9 heteroatoms. The zero-order chi connectivity index (χ0) is 21.2. The molecule has 2 aromatic rings. The topological polar surface area (TPSA) is 97.3 Å². The van der Waals surface area contributed by atoms with Gasteiger partial charge in [-0.15, -0.1) is 11.3 Å². The number of likely N-dealkylation sites (tertiary alicyclic amines) is 1. The van der Waals surface area contributed by atoms with Gasteiger partial charge in [-0.05, 0) is 47.5 Å².